The fraction of sp³-hybridized carbons (Fsp3) is 1.00. The van der Waals surface area contributed by atoms with E-state index in [9.17, 15) is 22.0 Å². The maximum absolute atomic E-state index is 12.0. The first-order chi connectivity index (χ1) is 5.81. The number of hydrogen-bond donors (Lipinski definition) is 1. The molecule has 80 valence electrons. The lowest BCUT2D eigenvalue weighted by Gasteiger charge is -2.19. The predicted molar refractivity (Wildman–Crippen MR) is 35.5 cm³/mol. The molecule has 0 aliphatic carbocycles. The molecule has 13 heavy (non-hydrogen) atoms. The molecule has 7 heteroatoms. The molecule has 0 aromatic heterocycles. The SMILES string of the molecule is CCNCCOC(F)(F)C(F)(F)F. The number of rotatable bonds is 5. The lowest BCUT2D eigenvalue weighted by atomic mass is 10.6. The summed E-state index contributed by atoms with van der Waals surface area (Å²) < 4.78 is 61.7. The van der Waals surface area contributed by atoms with Crippen LogP contribution in [0.25, 0.3) is 0 Å². The smallest absolute Gasteiger partial charge is 0.315 e. The lowest BCUT2D eigenvalue weighted by molar-refractivity contribution is -0.390. The van der Waals surface area contributed by atoms with Crippen molar-refractivity contribution in [2.24, 2.45) is 0 Å². The van der Waals surface area contributed by atoms with Crippen molar-refractivity contribution in [3.05, 3.63) is 0 Å². The van der Waals surface area contributed by atoms with Crippen LogP contribution in [0.1, 0.15) is 6.92 Å². The van der Waals surface area contributed by atoms with Crippen LogP contribution in [0.5, 0.6) is 0 Å². The van der Waals surface area contributed by atoms with Crippen molar-refractivity contribution in [1.29, 1.82) is 0 Å². The van der Waals surface area contributed by atoms with Gasteiger partial charge < -0.3 is 10.1 Å². The van der Waals surface area contributed by atoms with Crippen LogP contribution in [-0.4, -0.2) is 32.0 Å². The minimum atomic E-state index is -5.64. The Labute approximate surface area is 72.1 Å². The molecule has 0 rings (SSSR count). The zero-order valence-corrected chi connectivity index (χ0v) is 6.92. The number of ether oxygens (including phenoxy) is 1. The van der Waals surface area contributed by atoms with Crippen LogP contribution in [0, 0.1) is 0 Å². The highest BCUT2D eigenvalue weighted by atomic mass is 19.4. The van der Waals surface area contributed by atoms with Crippen LogP contribution in [0.2, 0.25) is 0 Å². The first-order valence-corrected chi connectivity index (χ1v) is 3.60. The summed E-state index contributed by atoms with van der Waals surface area (Å²) >= 11 is 0. The molecule has 0 saturated carbocycles. The number of nitrogens with one attached hydrogen (secondary N) is 1. The lowest BCUT2D eigenvalue weighted by Crippen LogP contribution is -2.40. The van der Waals surface area contributed by atoms with Gasteiger partial charge in [0.2, 0.25) is 0 Å². The number of likely N-dealkylation sites (N-methyl/N-ethyl adjacent to an activating group) is 1. The third-order valence-electron chi connectivity index (χ3n) is 1.14. The van der Waals surface area contributed by atoms with E-state index in [0.29, 0.717) is 6.54 Å². The number of hydrogen-bond acceptors (Lipinski definition) is 2. The summed E-state index contributed by atoms with van der Waals surface area (Å²) in [6, 6.07) is 0. The Kier molecular flexibility index (Phi) is 4.55. The first kappa shape index (κ1) is 12.6. The molecule has 0 heterocycles. The van der Waals surface area contributed by atoms with Crippen molar-refractivity contribution in [2.75, 3.05) is 19.7 Å². The largest absolute Gasteiger partial charge is 0.482 e. The highest BCUT2D eigenvalue weighted by Gasteiger charge is 2.59. The average Bonchev–Trinajstić information content (AvgIpc) is 1.96. The van der Waals surface area contributed by atoms with Crippen molar-refractivity contribution in [2.45, 2.75) is 19.2 Å². The van der Waals surface area contributed by atoms with Crippen molar-refractivity contribution in [3.8, 4) is 0 Å². The maximum atomic E-state index is 12.0. The standard InChI is InChI=1S/C6H10F5NO/c1-2-12-3-4-13-6(10,11)5(7,8)9/h12H,2-4H2,1H3. The second-order valence-corrected chi connectivity index (χ2v) is 2.22. The summed E-state index contributed by atoms with van der Waals surface area (Å²) in [4.78, 5) is 0. The zero-order chi connectivity index (χ0) is 10.5. The van der Waals surface area contributed by atoms with E-state index in [1.165, 1.54) is 0 Å². The van der Waals surface area contributed by atoms with Gasteiger partial charge in [-0.1, -0.05) is 6.92 Å². The summed E-state index contributed by atoms with van der Waals surface area (Å²) in [7, 11) is 0. The van der Waals surface area contributed by atoms with E-state index in [-0.39, 0.29) is 6.54 Å². The fourth-order valence-electron chi connectivity index (χ4n) is 0.510. The van der Waals surface area contributed by atoms with Crippen molar-refractivity contribution < 1.29 is 26.7 Å². The summed E-state index contributed by atoms with van der Waals surface area (Å²) in [6.07, 6.45) is -10.7. The Hall–Kier alpha value is -0.430. The summed E-state index contributed by atoms with van der Waals surface area (Å²) in [5, 5.41) is 2.55. The van der Waals surface area contributed by atoms with Gasteiger partial charge in [-0.15, -0.1) is 0 Å². The maximum Gasteiger partial charge on any atom is 0.482 e. The molecular formula is C6H10F5NO. The van der Waals surface area contributed by atoms with Crippen LogP contribution in [0.15, 0.2) is 0 Å². The third kappa shape index (κ3) is 4.37. The van der Waals surface area contributed by atoms with E-state index in [0.717, 1.165) is 0 Å². The molecule has 0 radical (unpaired) electrons. The molecule has 0 fully saturated rings. The van der Waals surface area contributed by atoms with Crippen molar-refractivity contribution >= 4 is 0 Å². The molecule has 0 bridgehead atoms. The third-order valence-corrected chi connectivity index (χ3v) is 1.14. The minimum Gasteiger partial charge on any atom is -0.315 e. The molecule has 0 atom stereocenters. The van der Waals surface area contributed by atoms with Gasteiger partial charge >= 0.3 is 12.3 Å². The normalized spacial score (nSPS) is 13.4. The molecule has 0 amide bonds. The van der Waals surface area contributed by atoms with Gasteiger partial charge in [0.25, 0.3) is 0 Å². The Balaban J connectivity index is 3.77. The van der Waals surface area contributed by atoms with Gasteiger partial charge in [0.05, 0.1) is 6.61 Å². The summed E-state index contributed by atoms with van der Waals surface area (Å²) in [5.74, 6) is 0. The van der Waals surface area contributed by atoms with Crippen LogP contribution in [0.4, 0.5) is 22.0 Å². The van der Waals surface area contributed by atoms with E-state index < -0.39 is 18.9 Å². The number of alkyl halides is 5. The van der Waals surface area contributed by atoms with Crippen LogP contribution >= 0.6 is 0 Å². The summed E-state index contributed by atoms with van der Waals surface area (Å²) in [5.41, 5.74) is 0. The monoisotopic (exact) mass is 207 g/mol. The van der Waals surface area contributed by atoms with Gasteiger partial charge in [-0.2, -0.15) is 22.0 Å². The number of halogens is 5. The first-order valence-electron chi connectivity index (χ1n) is 3.60. The predicted octanol–water partition coefficient (Wildman–Crippen LogP) is 1.77. The zero-order valence-electron chi connectivity index (χ0n) is 6.92. The second kappa shape index (κ2) is 4.71. The fourth-order valence-corrected chi connectivity index (χ4v) is 0.510. The summed E-state index contributed by atoms with van der Waals surface area (Å²) in [6.45, 7) is 1.46. The van der Waals surface area contributed by atoms with Gasteiger partial charge in [-0.3, -0.25) is 0 Å². The van der Waals surface area contributed by atoms with Crippen LogP contribution in [-0.2, 0) is 4.74 Å². The Morgan fingerprint density at radius 3 is 2.08 bits per heavy atom. The molecule has 0 aromatic carbocycles. The Morgan fingerprint density at radius 2 is 1.69 bits per heavy atom. The van der Waals surface area contributed by atoms with Gasteiger partial charge in [0.1, 0.15) is 0 Å². The quantitative estimate of drug-likeness (QED) is 0.548. The molecule has 0 unspecified atom stereocenters. The molecule has 0 aliphatic rings. The topological polar surface area (TPSA) is 21.3 Å². The molecule has 1 N–H and O–H groups in total. The highest BCUT2D eigenvalue weighted by molar-refractivity contribution is 4.64. The van der Waals surface area contributed by atoms with E-state index >= 15 is 0 Å². The van der Waals surface area contributed by atoms with Gasteiger partial charge in [-0.25, -0.2) is 0 Å². The van der Waals surface area contributed by atoms with Crippen molar-refractivity contribution in [3.63, 3.8) is 0 Å². The van der Waals surface area contributed by atoms with Gasteiger partial charge in [-0.05, 0) is 6.54 Å². The molecular weight excluding hydrogens is 197 g/mol. The van der Waals surface area contributed by atoms with E-state index in [2.05, 4.69) is 10.1 Å². The van der Waals surface area contributed by atoms with Gasteiger partial charge in [0.15, 0.2) is 0 Å². The van der Waals surface area contributed by atoms with Crippen molar-refractivity contribution in [1.82, 2.24) is 5.32 Å². The average molecular weight is 207 g/mol. The minimum absolute atomic E-state index is 0.0395. The van der Waals surface area contributed by atoms with Gasteiger partial charge in [0, 0.05) is 6.54 Å². The van der Waals surface area contributed by atoms with E-state index in [1.54, 1.807) is 6.92 Å². The molecule has 0 aliphatic heterocycles. The Morgan fingerprint density at radius 1 is 1.15 bits per heavy atom. The molecule has 2 nitrogen and oxygen atoms in total. The second-order valence-electron chi connectivity index (χ2n) is 2.22. The molecule has 0 spiro atoms. The van der Waals surface area contributed by atoms with Crippen LogP contribution in [0.3, 0.4) is 0 Å². The van der Waals surface area contributed by atoms with E-state index in [4.69, 9.17) is 0 Å². The molecule has 0 aromatic rings. The molecule has 0 saturated heterocycles. The highest BCUT2D eigenvalue weighted by Crippen LogP contribution is 2.35. The van der Waals surface area contributed by atoms with Crippen LogP contribution < -0.4 is 5.32 Å². The Bertz CT molecular complexity index is 146. The van der Waals surface area contributed by atoms with E-state index in [1.807, 2.05) is 0 Å².